The molecule has 1 saturated carbocycles. The van der Waals surface area contributed by atoms with Crippen molar-refractivity contribution >= 4 is 0 Å². The molecule has 0 aromatic heterocycles. The van der Waals surface area contributed by atoms with Crippen molar-refractivity contribution in [2.75, 3.05) is 13.6 Å². The molecular formula is C11H20N2O. The van der Waals surface area contributed by atoms with Gasteiger partial charge in [0.05, 0.1) is 18.1 Å². The standard InChI is InChI=1S/C11H20N2O/c1-10(5-8-12)13(2)9-11(14)6-3-4-7-11/h10,14H,3-7,9H2,1-2H3. The van der Waals surface area contributed by atoms with Crippen LogP contribution >= 0.6 is 0 Å². The fourth-order valence-electron chi connectivity index (χ4n) is 2.10. The third-order valence-electron chi connectivity index (χ3n) is 3.22. The maximum Gasteiger partial charge on any atom is 0.0774 e. The van der Waals surface area contributed by atoms with Crippen LogP contribution in [-0.2, 0) is 0 Å². The van der Waals surface area contributed by atoms with Gasteiger partial charge < -0.3 is 5.11 Å². The Morgan fingerprint density at radius 3 is 2.57 bits per heavy atom. The number of aliphatic hydroxyl groups is 1. The Morgan fingerprint density at radius 1 is 1.50 bits per heavy atom. The molecule has 1 aliphatic carbocycles. The lowest BCUT2D eigenvalue weighted by Gasteiger charge is -2.31. The predicted molar refractivity (Wildman–Crippen MR) is 55.7 cm³/mol. The minimum absolute atomic E-state index is 0.240. The van der Waals surface area contributed by atoms with Crippen LogP contribution in [0.3, 0.4) is 0 Å². The van der Waals surface area contributed by atoms with E-state index in [1.54, 1.807) is 0 Å². The van der Waals surface area contributed by atoms with E-state index >= 15 is 0 Å². The maximum absolute atomic E-state index is 10.2. The number of hydrogen-bond donors (Lipinski definition) is 1. The summed E-state index contributed by atoms with van der Waals surface area (Å²) in [6.07, 6.45) is 4.63. The Hall–Kier alpha value is -0.590. The third kappa shape index (κ3) is 2.97. The monoisotopic (exact) mass is 196 g/mol. The average Bonchev–Trinajstić information content (AvgIpc) is 2.52. The molecule has 1 unspecified atom stereocenters. The van der Waals surface area contributed by atoms with Crippen molar-refractivity contribution in [1.82, 2.24) is 4.90 Å². The van der Waals surface area contributed by atoms with Crippen LogP contribution in [0.5, 0.6) is 0 Å². The third-order valence-corrected chi connectivity index (χ3v) is 3.22. The lowest BCUT2D eigenvalue weighted by atomic mass is 10.0. The van der Waals surface area contributed by atoms with Crippen LogP contribution in [0, 0.1) is 11.3 Å². The smallest absolute Gasteiger partial charge is 0.0774 e. The zero-order valence-electron chi connectivity index (χ0n) is 9.16. The van der Waals surface area contributed by atoms with Crippen LogP contribution in [0.15, 0.2) is 0 Å². The van der Waals surface area contributed by atoms with Crippen LogP contribution < -0.4 is 0 Å². The van der Waals surface area contributed by atoms with Gasteiger partial charge in [0, 0.05) is 12.6 Å². The number of rotatable bonds is 4. The van der Waals surface area contributed by atoms with Crippen molar-refractivity contribution < 1.29 is 5.11 Å². The molecule has 3 nitrogen and oxygen atoms in total. The lowest BCUT2D eigenvalue weighted by Crippen LogP contribution is -2.42. The largest absolute Gasteiger partial charge is 0.389 e. The molecule has 1 aliphatic rings. The molecule has 0 radical (unpaired) electrons. The van der Waals surface area contributed by atoms with Crippen molar-refractivity contribution in [2.24, 2.45) is 0 Å². The molecule has 1 N–H and O–H groups in total. The first-order valence-corrected chi connectivity index (χ1v) is 5.37. The summed E-state index contributed by atoms with van der Waals surface area (Å²) < 4.78 is 0. The molecule has 1 atom stereocenters. The van der Waals surface area contributed by atoms with Crippen molar-refractivity contribution in [3.8, 4) is 6.07 Å². The summed E-state index contributed by atoms with van der Waals surface area (Å²) in [5, 5.41) is 18.7. The van der Waals surface area contributed by atoms with Crippen LogP contribution in [0.1, 0.15) is 39.0 Å². The second-order valence-corrected chi connectivity index (χ2v) is 4.56. The van der Waals surface area contributed by atoms with Gasteiger partial charge in [-0.3, -0.25) is 4.90 Å². The molecule has 3 heteroatoms. The van der Waals surface area contributed by atoms with Gasteiger partial charge in [0.2, 0.25) is 0 Å². The van der Waals surface area contributed by atoms with Gasteiger partial charge in [-0.1, -0.05) is 12.8 Å². The number of nitrogens with zero attached hydrogens (tertiary/aromatic N) is 2. The Morgan fingerprint density at radius 2 is 2.07 bits per heavy atom. The molecule has 0 aliphatic heterocycles. The number of nitriles is 1. The average molecular weight is 196 g/mol. The molecular weight excluding hydrogens is 176 g/mol. The molecule has 0 saturated heterocycles. The summed E-state index contributed by atoms with van der Waals surface area (Å²) in [5.41, 5.74) is -0.488. The van der Waals surface area contributed by atoms with E-state index in [-0.39, 0.29) is 6.04 Å². The topological polar surface area (TPSA) is 47.3 Å². The van der Waals surface area contributed by atoms with Crippen LogP contribution in [0.4, 0.5) is 0 Å². The zero-order valence-corrected chi connectivity index (χ0v) is 9.16. The van der Waals surface area contributed by atoms with Crippen molar-refractivity contribution in [3.63, 3.8) is 0 Å². The molecule has 0 heterocycles. The van der Waals surface area contributed by atoms with E-state index in [2.05, 4.69) is 11.0 Å². The summed E-state index contributed by atoms with van der Waals surface area (Å²) >= 11 is 0. The second-order valence-electron chi connectivity index (χ2n) is 4.56. The van der Waals surface area contributed by atoms with Crippen molar-refractivity contribution in [3.05, 3.63) is 0 Å². The van der Waals surface area contributed by atoms with Gasteiger partial charge in [-0.15, -0.1) is 0 Å². The van der Waals surface area contributed by atoms with E-state index in [0.29, 0.717) is 13.0 Å². The lowest BCUT2D eigenvalue weighted by molar-refractivity contribution is 0.00767. The van der Waals surface area contributed by atoms with Gasteiger partial charge in [-0.05, 0) is 26.8 Å². The van der Waals surface area contributed by atoms with E-state index in [0.717, 1.165) is 25.7 Å². The van der Waals surface area contributed by atoms with Crippen LogP contribution in [-0.4, -0.2) is 35.2 Å². The highest BCUT2D eigenvalue weighted by molar-refractivity contribution is 4.89. The van der Waals surface area contributed by atoms with Crippen molar-refractivity contribution in [1.29, 1.82) is 5.26 Å². The summed E-state index contributed by atoms with van der Waals surface area (Å²) in [6, 6.07) is 2.40. The summed E-state index contributed by atoms with van der Waals surface area (Å²) in [4.78, 5) is 2.09. The Balaban J connectivity index is 2.39. The van der Waals surface area contributed by atoms with Gasteiger partial charge in [0.15, 0.2) is 0 Å². The Bertz CT molecular complexity index is 216. The molecule has 0 aromatic carbocycles. The normalized spacial score (nSPS) is 22.2. The predicted octanol–water partition coefficient (Wildman–Crippen LogP) is 1.53. The quantitative estimate of drug-likeness (QED) is 0.741. The highest BCUT2D eigenvalue weighted by atomic mass is 16.3. The first-order chi connectivity index (χ1) is 6.57. The summed E-state index contributed by atoms with van der Waals surface area (Å²) in [6.45, 7) is 2.73. The fraction of sp³-hybridized carbons (Fsp3) is 0.909. The Kier molecular flexibility index (Phi) is 3.91. The van der Waals surface area contributed by atoms with E-state index in [1.807, 2.05) is 14.0 Å². The highest BCUT2D eigenvalue weighted by Crippen LogP contribution is 2.30. The Labute approximate surface area is 86.3 Å². The second kappa shape index (κ2) is 4.77. The fourth-order valence-corrected chi connectivity index (χ4v) is 2.10. The van der Waals surface area contributed by atoms with E-state index in [1.165, 1.54) is 0 Å². The molecule has 1 fully saturated rings. The molecule has 14 heavy (non-hydrogen) atoms. The molecule has 0 aromatic rings. The number of likely N-dealkylation sites (N-methyl/N-ethyl adjacent to an activating group) is 1. The van der Waals surface area contributed by atoms with Crippen molar-refractivity contribution in [2.45, 2.75) is 50.7 Å². The highest BCUT2D eigenvalue weighted by Gasteiger charge is 2.32. The van der Waals surface area contributed by atoms with Gasteiger partial charge in [-0.25, -0.2) is 0 Å². The van der Waals surface area contributed by atoms with Gasteiger partial charge >= 0.3 is 0 Å². The van der Waals surface area contributed by atoms with Gasteiger partial charge in [-0.2, -0.15) is 5.26 Å². The molecule has 1 rings (SSSR count). The first-order valence-electron chi connectivity index (χ1n) is 5.37. The first kappa shape index (κ1) is 11.5. The van der Waals surface area contributed by atoms with Crippen LogP contribution in [0.25, 0.3) is 0 Å². The maximum atomic E-state index is 10.2. The SMILES string of the molecule is CC(CC#N)N(C)CC1(O)CCCC1. The van der Waals surface area contributed by atoms with Crippen LogP contribution in [0.2, 0.25) is 0 Å². The van der Waals surface area contributed by atoms with E-state index in [4.69, 9.17) is 5.26 Å². The van der Waals surface area contributed by atoms with Gasteiger partial charge in [0.1, 0.15) is 0 Å². The van der Waals surface area contributed by atoms with E-state index < -0.39 is 5.60 Å². The molecule has 80 valence electrons. The molecule has 0 bridgehead atoms. The molecule has 0 amide bonds. The molecule has 0 spiro atoms. The summed E-state index contributed by atoms with van der Waals surface area (Å²) in [7, 11) is 1.98. The number of hydrogen-bond acceptors (Lipinski definition) is 3. The minimum Gasteiger partial charge on any atom is -0.389 e. The zero-order chi connectivity index (χ0) is 10.6. The van der Waals surface area contributed by atoms with Gasteiger partial charge in [0.25, 0.3) is 0 Å². The van der Waals surface area contributed by atoms with E-state index in [9.17, 15) is 5.11 Å². The summed E-state index contributed by atoms with van der Waals surface area (Å²) in [5.74, 6) is 0. The minimum atomic E-state index is -0.488.